The number of urea groups is 1. The summed E-state index contributed by atoms with van der Waals surface area (Å²) in [6.45, 7) is 7.73. The van der Waals surface area contributed by atoms with Gasteiger partial charge in [-0.25, -0.2) is 4.79 Å². The first-order valence-electron chi connectivity index (χ1n) is 7.09. The molecule has 1 heterocycles. The monoisotopic (exact) mass is 272 g/mol. The Bertz CT molecular complexity index is 286. The van der Waals surface area contributed by atoms with E-state index in [9.17, 15) is 4.79 Å². The maximum atomic E-state index is 12.1. The van der Waals surface area contributed by atoms with Crippen molar-refractivity contribution in [1.82, 2.24) is 10.2 Å². The van der Waals surface area contributed by atoms with E-state index in [0.717, 1.165) is 32.4 Å². The van der Waals surface area contributed by atoms with Crippen LogP contribution in [0.3, 0.4) is 0 Å². The molecule has 1 rings (SSSR count). The molecule has 2 N–H and O–H groups in total. The highest BCUT2D eigenvalue weighted by Gasteiger charge is 2.25. The minimum absolute atomic E-state index is 0.00390. The Kier molecular flexibility index (Phi) is 6.07. The molecule has 0 aromatic heterocycles. The largest absolute Gasteiger partial charge is 0.396 e. The molecule has 112 valence electrons. The number of aliphatic hydroxyl groups excluding tert-OH is 1. The van der Waals surface area contributed by atoms with Crippen molar-refractivity contribution in [3.8, 4) is 0 Å². The fraction of sp³-hybridized carbons (Fsp3) is 0.929. The first-order chi connectivity index (χ1) is 8.88. The summed E-state index contributed by atoms with van der Waals surface area (Å²) in [4.78, 5) is 13.9. The molecule has 0 aromatic carbocycles. The summed E-state index contributed by atoms with van der Waals surface area (Å²) < 4.78 is 5.37. The highest BCUT2D eigenvalue weighted by atomic mass is 16.5. The van der Waals surface area contributed by atoms with Crippen LogP contribution in [0.2, 0.25) is 0 Å². The topological polar surface area (TPSA) is 61.8 Å². The summed E-state index contributed by atoms with van der Waals surface area (Å²) in [6, 6.07) is 0.0776. The van der Waals surface area contributed by atoms with Gasteiger partial charge in [0.2, 0.25) is 0 Å². The third-order valence-electron chi connectivity index (χ3n) is 3.88. The lowest BCUT2D eigenvalue weighted by Gasteiger charge is -2.33. The predicted octanol–water partition coefficient (Wildman–Crippen LogP) is 1.60. The fourth-order valence-corrected chi connectivity index (χ4v) is 2.49. The zero-order valence-electron chi connectivity index (χ0n) is 12.6. The molecule has 0 radical (unpaired) electrons. The SMILES string of the molecule is COC(C)(C)C[C@H](C)NC(=O)N1CCC(CO)CC1. The van der Waals surface area contributed by atoms with Crippen molar-refractivity contribution in [2.24, 2.45) is 5.92 Å². The summed E-state index contributed by atoms with van der Waals surface area (Å²) in [5.41, 5.74) is -0.226. The van der Waals surface area contributed by atoms with Crippen molar-refractivity contribution in [3.05, 3.63) is 0 Å². The number of aliphatic hydroxyl groups is 1. The first-order valence-corrected chi connectivity index (χ1v) is 7.09. The molecule has 0 spiro atoms. The van der Waals surface area contributed by atoms with E-state index in [4.69, 9.17) is 9.84 Å². The van der Waals surface area contributed by atoms with E-state index >= 15 is 0 Å². The Balaban J connectivity index is 2.35. The number of nitrogens with one attached hydrogen (secondary N) is 1. The van der Waals surface area contributed by atoms with Crippen molar-refractivity contribution in [1.29, 1.82) is 0 Å². The molecule has 1 aliphatic heterocycles. The molecule has 0 saturated carbocycles. The summed E-state index contributed by atoms with van der Waals surface area (Å²) in [6.07, 6.45) is 2.56. The van der Waals surface area contributed by atoms with Crippen LogP contribution in [0.1, 0.15) is 40.0 Å². The smallest absolute Gasteiger partial charge is 0.317 e. The molecule has 1 saturated heterocycles. The van der Waals surface area contributed by atoms with Gasteiger partial charge in [0.25, 0.3) is 0 Å². The second kappa shape index (κ2) is 7.10. The van der Waals surface area contributed by atoms with Gasteiger partial charge in [0, 0.05) is 32.8 Å². The fourth-order valence-electron chi connectivity index (χ4n) is 2.49. The average molecular weight is 272 g/mol. The van der Waals surface area contributed by atoms with Crippen LogP contribution in [0.15, 0.2) is 0 Å². The number of rotatable bonds is 5. The van der Waals surface area contributed by atoms with E-state index in [1.807, 2.05) is 25.7 Å². The molecule has 1 atom stereocenters. The van der Waals surface area contributed by atoms with E-state index in [-0.39, 0.29) is 24.3 Å². The number of carbonyl (C=O) groups is 1. The Morgan fingerprint density at radius 1 is 1.47 bits per heavy atom. The lowest BCUT2D eigenvalue weighted by molar-refractivity contribution is 0.00899. The molecule has 2 amide bonds. The summed E-state index contributed by atoms with van der Waals surface area (Å²) >= 11 is 0. The number of amides is 2. The number of likely N-dealkylation sites (tertiary alicyclic amines) is 1. The number of carbonyl (C=O) groups excluding carboxylic acids is 1. The predicted molar refractivity (Wildman–Crippen MR) is 75.1 cm³/mol. The Labute approximate surface area is 116 Å². The molecule has 0 bridgehead atoms. The minimum Gasteiger partial charge on any atom is -0.396 e. The van der Waals surface area contributed by atoms with Crippen LogP contribution in [-0.2, 0) is 4.74 Å². The molecule has 0 aliphatic carbocycles. The normalized spacial score (nSPS) is 19.3. The second-order valence-corrected chi connectivity index (χ2v) is 6.13. The van der Waals surface area contributed by atoms with Crippen molar-refractivity contribution in [2.45, 2.75) is 51.7 Å². The molecule has 0 unspecified atom stereocenters. The van der Waals surface area contributed by atoms with Crippen molar-refractivity contribution in [2.75, 3.05) is 26.8 Å². The van der Waals surface area contributed by atoms with Gasteiger partial charge in [-0.1, -0.05) is 0 Å². The number of nitrogens with zero attached hydrogens (tertiary/aromatic N) is 1. The van der Waals surface area contributed by atoms with E-state index in [1.165, 1.54) is 0 Å². The Hall–Kier alpha value is -0.810. The van der Waals surface area contributed by atoms with Crippen LogP contribution in [0.25, 0.3) is 0 Å². The zero-order valence-corrected chi connectivity index (χ0v) is 12.6. The first kappa shape index (κ1) is 16.2. The van der Waals surface area contributed by atoms with E-state index < -0.39 is 0 Å². The molecule has 5 heteroatoms. The molecular formula is C14H28N2O3. The number of ether oxygens (including phenoxy) is 1. The lowest BCUT2D eigenvalue weighted by Crippen LogP contribution is -2.48. The number of hydrogen-bond acceptors (Lipinski definition) is 3. The highest BCUT2D eigenvalue weighted by Crippen LogP contribution is 2.18. The van der Waals surface area contributed by atoms with Crippen molar-refractivity contribution < 1.29 is 14.6 Å². The number of piperidine rings is 1. The minimum atomic E-state index is -0.226. The lowest BCUT2D eigenvalue weighted by atomic mass is 9.98. The standard InChI is InChI=1S/C14H28N2O3/c1-11(9-14(2,3)19-4)15-13(18)16-7-5-12(10-17)6-8-16/h11-12,17H,5-10H2,1-4H3,(H,15,18)/t11-/m0/s1. The third kappa shape index (κ3) is 5.37. The molecule has 1 aliphatic rings. The van der Waals surface area contributed by atoms with Gasteiger partial charge in [0.1, 0.15) is 0 Å². The van der Waals surface area contributed by atoms with E-state index in [2.05, 4.69) is 5.32 Å². The average Bonchev–Trinajstić information content (AvgIpc) is 2.38. The third-order valence-corrected chi connectivity index (χ3v) is 3.88. The molecular weight excluding hydrogens is 244 g/mol. The van der Waals surface area contributed by atoms with Crippen LogP contribution in [0.5, 0.6) is 0 Å². The van der Waals surface area contributed by atoms with Gasteiger partial charge >= 0.3 is 6.03 Å². The quantitative estimate of drug-likeness (QED) is 0.799. The molecule has 19 heavy (non-hydrogen) atoms. The zero-order chi connectivity index (χ0) is 14.5. The van der Waals surface area contributed by atoms with Gasteiger partial charge in [0.15, 0.2) is 0 Å². The summed E-state index contributed by atoms with van der Waals surface area (Å²) in [7, 11) is 1.69. The van der Waals surface area contributed by atoms with Crippen LogP contribution in [0, 0.1) is 5.92 Å². The van der Waals surface area contributed by atoms with Crippen LogP contribution in [-0.4, -0.2) is 54.5 Å². The summed E-state index contributed by atoms with van der Waals surface area (Å²) in [5.74, 6) is 0.355. The van der Waals surface area contributed by atoms with Gasteiger partial charge in [-0.05, 0) is 46.0 Å². The molecule has 5 nitrogen and oxygen atoms in total. The van der Waals surface area contributed by atoms with Gasteiger partial charge in [-0.15, -0.1) is 0 Å². The van der Waals surface area contributed by atoms with Crippen LogP contribution < -0.4 is 5.32 Å². The Morgan fingerprint density at radius 3 is 2.53 bits per heavy atom. The number of methoxy groups -OCH3 is 1. The second-order valence-electron chi connectivity index (χ2n) is 6.13. The maximum Gasteiger partial charge on any atom is 0.317 e. The maximum absolute atomic E-state index is 12.1. The molecule has 0 aromatic rings. The van der Waals surface area contributed by atoms with Gasteiger partial charge in [0.05, 0.1) is 5.60 Å². The number of hydrogen-bond donors (Lipinski definition) is 2. The van der Waals surface area contributed by atoms with Gasteiger partial charge in [-0.2, -0.15) is 0 Å². The van der Waals surface area contributed by atoms with E-state index in [1.54, 1.807) is 7.11 Å². The van der Waals surface area contributed by atoms with E-state index in [0.29, 0.717) is 5.92 Å². The van der Waals surface area contributed by atoms with Gasteiger partial charge < -0.3 is 20.1 Å². The van der Waals surface area contributed by atoms with Crippen LogP contribution >= 0.6 is 0 Å². The van der Waals surface area contributed by atoms with Gasteiger partial charge in [-0.3, -0.25) is 0 Å². The van der Waals surface area contributed by atoms with Crippen molar-refractivity contribution in [3.63, 3.8) is 0 Å². The molecule has 1 fully saturated rings. The Morgan fingerprint density at radius 2 is 2.05 bits per heavy atom. The van der Waals surface area contributed by atoms with Crippen molar-refractivity contribution >= 4 is 6.03 Å². The summed E-state index contributed by atoms with van der Waals surface area (Å²) in [5, 5.41) is 12.1. The highest BCUT2D eigenvalue weighted by molar-refractivity contribution is 5.74. The van der Waals surface area contributed by atoms with Crippen LogP contribution in [0.4, 0.5) is 4.79 Å².